The molecule has 1 saturated heterocycles. The molecule has 1 aliphatic heterocycles. The molecule has 5 nitrogen and oxygen atoms in total. The van der Waals surface area contributed by atoms with Crippen molar-refractivity contribution < 1.29 is 9.59 Å². The van der Waals surface area contributed by atoms with Crippen LogP contribution < -0.4 is 16.0 Å². The molecule has 2 rings (SSSR count). The second kappa shape index (κ2) is 8.16. The van der Waals surface area contributed by atoms with Crippen LogP contribution in [0, 0.1) is 11.3 Å². The van der Waals surface area contributed by atoms with Gasteiger partial charge in [0, 0.05) is 12.6 Å². The second-order valence-electron chi connectivity index (χ2n) is 6.74. The van der Waals surface area contributed by atoms with Gasteiger partial charge in [0.25, 0.3) is 0 Å². The Morgan fingerprint density at radius 2 is 2.00 bits per heavy atom. The SMILES string of the molecule is CCC(C)NC(=O)C(C)NC(=O)[C@@]12CCCC[C@H]1CNC2.Cl. The molecule has 2 amide bonds. The number of rotatable bonds is 5. The first-order valence-electron chi connectivity index (χ1n) is 8.31. The second-order valence-corrected chi connectivity index (χ2v) is 6.74. The lowest BCUT2D eigenvalue weighted by Crippen LogP contribution is -2.54. The zero-order chi connectivity index (χ0) is 15.5. The van der Waals surface area contributed by atoms with E-state index in [0.717, 1.165) is 38.8 Å². The molecule has 0 spiro atoms. The maximum atomic E-state index is 12.7. The van der Waals surface area contributed by atoms with Crippen LogP contribution in [0.4, 0.5) is 0 Å². The lowest BCUT2D eigenvalue weighted by atomic mass is 9.67. The van der Waals surface area contributed by atoms with Gasteiger partial charge in [-0.1, -0.05) is 19.8 Å². The summed E-state index contributed by atoms with van der Waals surface area (Å²) < 4.78 is 0. The normalized spacial score (nSPS) is 29.7. The number of carbonyl (C=O) groups excluding carboxylic acids is 2. The highest BCUT2D eigenvalue weighted by Gasteiger charge is 2.50. The fourth-order valence-electron chi connectivity index (χ4n) is 3.57. The number of halogens is 1. The van der Waals surface area contributed by atoms with E-state index < -0.39 is 6.04 Å². The van der Waals surface area contributed by atoms with Crippen LogP contribution in [0.5, 0.6) is 0 Å². The summed E-state index contributed by atoms with van der Waals surface area (Å²) in [5, 5.41) is 9.24. The van der Waals surface area contributed by atoms with Gasteiger partial charge in [-0.2, -0.15) is 0 Å². The standard InChI is InChI=1S/C16H29N3O2.ClH/c1-4-11(2)18-14(20)12(3)19-15(21)16-8-6-5-7-13(16)9-17-10-16;/h11-13,17H,4-10H2,1-3H3,(H,18,20)(H,19,21);1H/t11?,12?,13-,16+;/m0./s1. The van der Waals surface area contributed by atoms with E-state index in [0.29, 0.717) is 5.92 Å². The number of fused-ring (bicyclic) bond motifs is 1. The van der Waals surface area contributed by atoms with Crippen molar-refractivity contribution in [2.45, 2.75) is 65.0 Å². The Labute approximate surface area is 139 Å². The topological polar surface area (TPSA) is 70.2 Å². The Morgan fingerprint density at radius 1 is 1.27 bits per heavy atom. The summed E-state index contributed by atoms with van der Waals surface area (Å²) in [5.41, 5.74) is -0.289. The Balaban J connectivity index is 0.00000242. The molecule has 0 aromatic heterocycles. The lowest BCUT2D eigenvalue weighted by molar-refractivity contribution is -0.137. The van der Waals surface area contributed by atoms with Crippen LogP contribution in [0.25, 0.3) is 0 Å². The van der Waals surface area contributed by atoms with E-state index in [-0.39, 0.29) is 35.7 Å². The highest BCUT2D eigenvalue weighted by atomic mass is 35.5. The largest absolute Gasteiger partial charge is 0.352 e. The first-order valence-corrected chi connectivity index (χ1v) is 8.31. The average molecular weight is 332 g/mol. The Hall–Kier alpha value is -0.810. The highest BCUT2D eigenvalue weighted by Crippen LogP contribution is 2.43. The molecule has 1 heterocycles. The predicted octanol–water partition coefficient (Wildman–Crippen LogP) is 1.61. The van der Waals surface area contributed by atoms with Crippen LogP contribution in [-0.4, -0.2) is 37.0 Å². The molecule has 2 unspecified atom stereocenters. The van der Waals surface area contributed by atoms with Crippen LogP contribution in [0.15, 0.2) is 0 Å². The Bertz CT molecular complexity index is 405. The molecule has 0 bridgehead atoms. The maximum absolute atomic E-state index is 12.7. The smallest absolute Gasteiger partial charge is 0.242 e. The number of carbonyl (C=O) groups is 2. The fraction of sp³-hybridized carbons (Fsp3) is 0.875. The molecule has 1 aliphatic carbocycles. The van der Waals surface area contributed by atoms with Gasteiger partial charge in [0.05, 0.1) is 5.41 Å². The van der Waals surface area contributed by atoms with Gasteiger partial charge >= 0.3 is 0 Å². The van der Waals surface area contributed by atoms with Crippen molar-refractivity contribution in [2.75, 3.05) is 13.1 Å². The van der Waals surface area contributed by atoms with E-state index in [1.54, 1.807) is 6.92 Å². The van der Waals surface area contributed by atoms with Gasteiger partial charge in [-0.15, -0.1) is 12.4 Å². The molecule has 128 valence electrons. The summed E-state index contributed by atoms with van der Waals surface area (Å²) in [4.78, 5) is 24.8. The molecule has 0 aromatic carbocycles. The maximum Gasteiger partial charge on any atom is 0.242 e. The van der Waals surface area contributed by atoms with E-state index in [1.165, 1.54) is 6.42 Å². The minimum Gasteiger partial charge on any atom is -0.352 e. The van der Waals surface area contributed by atoms with Gasteiger partial charge in [-0.3, -0.25) is 9.59 Å². The predicted molar refractivity (Wildman–Crippen MR) is 90.0 cm³/mol. The fourth-order valence-corrected chi connectivity index (χ4v) is 3.57. The quantitative estimate of drug-likeness (QED) is 0.716. The van der Waals surface area contributed by atoms with Crippen LogP contribution in [-0.2, 0) is 9.59 Å². The lowest BCUT2D eigenvalue weighted by Gasteiger charge is -2.37. The first kappa shape index (κ1) is 19.2. The zero-order valence-electron chi connectivity index (χ0n) is 13.9. The van der Waals surface area contributed by atoms with Crippen molar-refractivity contribution in [1.82, 2.24) is 16.0 Å². The van der Waals surface area contributed by atoms with Crippen molar-refractivity contribution in [3.63, 3.8) is 0 Å². The molecule has 2 aliphatic rings. The molecular weight excluding hydrogens is 302 g/mol. The van der Waals surface area contributed by atoms with E-state index in [9.17, 15) is 9.59 Å². The molecule has 2 fully saturated rings. The van der Waals surface area contributed by atoms with Gasteiger partial charge in [-0.25, -0.2) is 0 Å². The Kier molecular flexibility index (Phi) is 7.13. The molecule has 6 heteroatoms. The third-order valence-corrected chi connectivity index (χ3v) is 5.23. The molecule has 0 aromatic rings. The van der Waals surface area contributed by atoms with Crippen LogP contribution >= 0.6 is 12.4 Å². The van der Waals surface area contributed by atoms with Crippen molar-refractivity contribution in [3.8, 4) is 0 Å². The van der Waals surface area contributed by atoms with Crippen LogP contribution in [0.1, 0.15) is 52.9 Å². The van der Waals surface area contributed by atoms with E-state index in [4.69, 9.17) is 0 Å². The molecule has 3 N–H and O–H groups in total. The third-order valence-electron chi connectivity index (χ3n) is 5.23. The average Bonchev–Trinajstić information content (AvgIpc) is 2.91. The third kappa shape index (κ3) is 3.93. The summed E-state index contributed by atoms with van der Waals surface area (Å²) in [6, 6.07) is -0.324. The van der Waals surface area contributed by atoms with Crippen molar-refractivity contribution >= 4 is 24.2 Å². The monoisotopic (exact) mass is 331 g/mol. The summed E-state index contributed by atoms with van der Waals surface area (Å²) in [6.07, 6.45) is 5.27. The summed E-state index contributed by atoms with van der Waals surface area (Å²) in [5.74, 6) is 0.396. The molecule has 1 saturated carbocycles. The molecule has 0 radical (unpaired) electrons. The van der Waals surface area contributed by atoms with Gasteiger partial charge in [-0.05, 0) is 45.6 Å². The summed E-state index contributed by atoms with van der Waals surface area (Å²) >= 11 is 0. The van der Waals surface area contributed by atoms with E-state index >= 15 is 0 Å². The number of amides is 2. The Morgan fingerprint density at radius 3 is 2.68 bits per heavy atom. The molecule has 4 atom stereocenters. The first-order chi connectivity index (χ1) is 9.99. The van der Waals surface area contributed by atoms with Crippen molar-refractivity contribution in [3.05, 3.63) is 0 Å². The number of hydrogen-bond acceptors (Lipinski definition) is 3. The van der Waals surface area contributed by atoms with Gasteiger partial charge in [0.15, 0.2) is 0 Å². The summed E-state index contributed by atoms with van der Waals surface area (Å²) in [6.45, 7) is 7.46. The van der Waals surface area contributed by atoms with E-state index in [2.05, 4.69) is 16.0 Å². The van der Waals surface area contributed by atoms with Crippen molar-refractivity contribution in [2.24, 2.45) is 11.3 Å². The highest BCUT2D eigenvalue weighted by molar-refractivity contribution is 5.90. The molecule has 22 heavy (non-hydrogen) atoms. The van der Waals surface area contributed by atoms with Crippen molar-refractivity contribution in [1.29, 1.82) is 0 Å². The summed E-state index contributed by atoms with van der Waals surface area (Å²) in [7, 11) is 0. The number of hydrogen-bond donors (Lipinski definition) is 3. The van der Waals surface area contributed by atoms with Crippen LogP contribution in [0.3, 0.4) is 0 Å². The van der Waals surface area contributed by atoms with Gasteiger partial charge in [0.2, 0.25) is 11.8 Å². The minimum absolute atomic E-state index is 0. The van der Waals surface area contributed by atoms with Gasteiger partial charge in [0.1, 0.15) is 6.04 Å². The van der Waals surface area contributed by atoms with E-state index in [1.807, 2.05) is 13.8 Å². The number of nitrogens with one attached hydrogen (secondary N) is 3. The van der Waals surface area contributed by atoms with Crippen LogP contribution in [0.2, 0.25) is 0 Å². The van der Waals surface area contributed by atoms with Gasteiger partial charge < -0.3 is 16.0 Å². The minimum atomic E-state index is -0.468. The molecular formula is C16H30ClN3O2. The zero-order valence-corrected chi connectivity index (χ0v) is 14.7.